The maximum atomic E-state index is 12.6. The monoisotopic (exact) mass is 318 g/mol. The van der Waals surface area contributed by atoms with Gasteiger partial charge >= 0.3 is 0 Å². The Morgan fingerprint density at radius 2 is 2.43 bits per heavy atom. The zero-order valence-electron chi connectivity index (χ0n) is 13.5. The number of rotatable bonds is 6. The Morgan fingerprint density at radius 3 is 3.09 bits per heavy atom. The van der Waals surface area contributed by atoms with Crippen LogP contribution in [0.15, 0.2) is 23.2 Å². The van der Waals surface area contributed by atoms with Crippen LogP contribution in [0.2, 0.25) is 0 Å². The smallest absolute Gasteiger partial charge is 0.242 e. The first-order valence-corrected chi connectivity index (χ1v) is 7.99. The van der Waals surface area contributed by atoms with E-state index >= 15 is 0 Å². The second-order valence-corrected chi connectivity index (χ2v) is 5.89. The molecule has 3 rings (SSSR count). The first-order valence-electron chi connectivity index (χ1n) is 7.99. The molecule has 124 valence electrons. The predicted octanol–water partition coefficient (Wildman–Crippen LogP) is 1.46. The topological polar surface area (TPSA) is 89.1 Å². The number of nitrogens with zero attached hydrogens (tertiary/aromatic N) is 5. The third-order valence-corrected chi connectivity index (χ3v) is 4.26. The van der Waals surface area contributed by atoms with Crippen LogP contribution in [0.5, 0.6) is 0 Å². The van der Waals surface area contributed by atoms with Crippen LogP contribution in [-0.2, 0) is 11.3 Å². The quantitative estimate of drug-likeness (QED) is 0.867. The fraction of sp³-hybridized carbons (Fsp3) is 0.600. The molecular formula is C15H22N6O2. The van der Waals surface area contributed by atoms with Gasteiger partial charge in [0.1, 0.15) is 18.4 Å². The van der Waals surface area contributed by atoms with Gasteiger partial charge in [-0.25, -0.2) is 4.98 Å². The van der Waals surface area contributed by atoms with Gasteiger partial charge in [-0.3, -0.25) is 14.4 Å². The number of carbonyl (C=O) groups is 1. The molecule has 8 nitrogen and oxygen atoms in total. The highest BCUT2D eigenvalue weighted by atomic mass is 16.5. The average molecular weight is 318 g/mol. The van der Waals surface area contributed by atoms with E-state index in [-0.39, 0.29) is 11.9 Å². The van der Waals surface area contributed by atoms with Crippen molar-refractivity contribution in [2.75, 3.05) is 11.9 Å². The number of aromatic nitrogens is 4. The SMILES string of the molecule is CC[C@@H](C(=O)Nc1cc(C)on1)N1CCC[C@H]1Cn1cncn1. The highest BCUT2D eigenvalue weighted by molar-refractivity contribution is 5.94. The van der Waals surface area contributed by atoms with Crippen LogP contribution >= 0.6 is 0 Å². The highest BCUT2D eigenvalue weighted by Gasteiger charge is 2.34. The third kappa shape index (κ3) is 3.58. The van der Waals surface area contributed by atoms with E-state index in [0.717, 1.165) is 32.4 Å². The molecule has 0 bridgehead atoms. The molecule has 0 unspecified atom stereocenters. The zero-order valence-corrected chi connectivity index (χ0v) is 13.5. The molecule has 0 radical (unpaired) electrons. The van der Waals surface area contributed by atoms with Crippen molar-refractivity contribution in [1.82, 2.24) is 24.8 Å². The number of likely N-dealkylation sites (tertiary alicyclic amines) is 1. The molecule has 2 atom stereocenters. The minimum Gasteiger partial charge on any atom is -0.360 e. The lowest BCUT2D eigenvalue weighted by atomic mass is 10.1. The lowest BCUT2D eigenvalue weighted by Gasteiger charge is -2.31. The fourth-order valence-corrected chi connectivity index (χ4v) is 3.21. The van der Waals surface area contributed by atoms with Gasteiger partial charge in [0, 0.05) is 12.1 Å². The Kier molecular flexibility index (Phi) is 4.71. The molecule has 1 aliphatic heterocycles. The Labute approximate surface area is 134 Å². The van der Waals surface area contributed by atoms with Crippen molar-refractivity contribution in [2.45, 2.75) is 51.7 Å². The van der Waals surface area contributed by atoms with E-state index < -0.39 is 0 Å². The maximum absolute atomic E-state index is 12.6. The summed E-state index contributed by atoms with van der Waals surface area (Å²) in [5, 5.41) is 10.9. The summed E-state index contributed by atoms with van der Waals surface area (Å²) in [6.07, 6.45) is 6.15. The summed E-state index contributed by atoms with van der Waals surface area (Å²) >= 11 is 0. The first kappa shape index (κ1) is 15.7. The van der Waals surface area contributed by atoms with Gasteiger partial charge in [0.05, 0.1) is 12.6 Å². The molecule has 0 aromatic carbocycles. The Hall–Kier alpha value is -2.22. The Morgan fingerprint density at radius 1 is 1.57 bits per heavy atom. The average Bonchev–Trinajstić information content (AvgIpc) is 3.25. The van der Waals surface area contributed by atoms with Crippen molar-refractivity contribution < 1.29 is 9.32 Å². The standard InChI is InChI=1S/C15H22N6O2/c1-3-13(15(22)18-14-7-11(2)23-19-14)21-6-4-5-12(21)8-20-10-16-9-17-20/h7,9-10,12-13H,3-6,8H2,1-2H3,(H,18,19,22)/t12-,13-/m0/s1. The van der Waals surface area contributed by atoms with Crippen LogP contribution < -0.4 is 5.32 Å². The van der Waals surface area contributed by atoms with Gasteiger partial charge in [-0.2, -0.15) is 5.10 Å². The maximum Gasteiger partial charge on any atom is 0.242 e. The van der Waals surface area contributed by atoms with Gasteiger partial charge in [0.2, 0.25) is 5.91 Å². The van der Waals surface area contributed by atoms with Crippen molar-refractivity contribution in [1.29, 1.82) is 0 Å². The van der Waals surface area contributed by atoms with Crippen molar-refractivity contribution in [3.8, 4) is 0 Å². The minimum absolute atomic E-state index is 0.0358. The number of hydrogen-bond acceptors (Lipinski definition) is 6. The van der Waals surface area contributed by atoms with Gasteiger partial charge in [-0.1, -0.05) is 12.1 Å². The van der Waals surface area contributed by atoms with Crippen LogP contribution in [-0.4, -0.2) is 49.4 Å². The van der Waals surface area contributed by atoms with E-state index in [1.54, 1.807) is 19.3 Å². The van der Waals surface area contributed by atoms with Crippen LogP contribution in [0.25, 0.3) is 0 Å². The molecule has 1 fully saturated rings. The van der Waals surface area contributed by atoms with E-state index in [1.165, 1.54) is 6.33 Å². The lowest BCUT2D eigenvalue weighted by molar-refractivity contribution is -0.122. The normalized spacial score (nSPS) is 19.8. The summed E-state index contributed by atoms with van der Waals surface area (Å²) in [5.74, 6) is 1.11. The van der Waals surface area contributed by atoms with Gasteiger partial charge < -0.3 is 9.84 Å². The Balaban J connectivity index is 1.67. The molecule has 23 heavy (non-hydrogen) atoms. The highest BCUT2D eigenvalue weighted by Crippen LogP contribution is 2.23. The van der Waals surface area contributed by atoms with E-state index in [0.29, 0.717) is 17.6 Å². The van der Waals surface area contributed by atoms with Crippen LogP contribution in [0.4, 0.5) is 5.82 Å². The van der Waals surface area contributed by atoms with E-state index in [9.17, 15) is 4.79 Å². The molecule has 0 saturated carbocycles. The lowest BCUT2D eigenvalue weighted by Crippen LogP contribution is -2.47. The second-order valence-electron chi connectivity index (χ2n) is 5.89. The number of hydrogen-bond donors (Lipinski definition) is 1. The summed E-state index contributed by atoms with van der Waals surface area (Å²) in [6, 6.07) is 1.84. The van der Waals surface area contributed by atoms with Crippen LogP contribution in [0.3, 0.4) is 0 Å². The minimum atomic E-state index is -0.178. The molecule has 1 N–H and O–H groups in total. The Bertz CT molecular complexity index is 638. The molecule has 2 aromatic heterocycles. The number of amides is 1. The number of nitrogens with one attached hydrogen (secondary N) is 1. The van der Waals surface area contributed by atoms with E-state index in [2.05, 4.69) is 25.5 Å². The van der Waals surface area contributed by atoms with Gasteiger partial charge in [0.15, 0.2) is 5.82 Å². The largest absolute Gasteiger partial charge is 0.360 e. The summed E-state index contributed by atoms with van der Waals surface area (Å²) < 4.78 is 6.83. The van der Waals surface area contributed by atoms with Gasteiger partial charge in [-0.05, 0) is 32.7 Å². The predicted molar refractivity (Wildman–Crippen MR) is 83.7 cm³/mol. The zero-order chi connectivity index (χ0) is 16.2. The van der Waals surface area contributed by atoms with E-state index in [4.69, 9.17) is 4.52 Å². The van der Waals surface area contributed by atoms with Gasteiger partial charge in [-0.15, -0.1) is 0 Å². The molecule has 8 heteroatoms. The summed E-state index contributed by atoms with van der Waals surface area (Å²) in [6.45, 7) is 5.51. The van der Waals surface area contributed by atoms with Crippen molar-refractivity contribution in [3.63, 3.8) is 0 Å². The van der Waals surface area contributed by atoms with Crippen LogP contribution in [0.1, 0.15) is 31.9 Å². The van der Waals surface area contributed by atoms with Crippen molar-refractivity contribution >= 4 is 11.7 Å². The molecule has 3 heterocycles. The molecule has 1 aliphatic rings. The first-order chi connectivity index (χ1) is 11.2. The number of anilines is 1. The molecule has 0 spiro atoms. The molecule has 1 amide bonds. The molecule has 0 aliphatic carbocycles. The summed E-state index contributed by atoms with van der Waals surface area (Å²) in [7, 11) is 0. The molecule has 1 saturated heterocycles. The number of carbonyl (C=O) groups excluding carboxylic acids is 1. The van der Waals surface area contributed by atoms with Crippen molar-refractivity contribution in [3.05, 3.63) is 24.5 Å². The third-order valence-electron chi connectivity index (χ3n) is 4.26. The van der Waals surface area contributed by atoms with Gasteiger partial charge in [0.25, 0.3) is 0 Å². The van der Waals surface area contributed by atoms with Crippen molar-refractivity contribution in [2.24, 2.45) is 0 Å². The number of aryl methyl sites for hydroxylation is 1. The second kappa shape index (κ2) is 6.91. The summed E-state index contributed by atoms with van der Waals surface area (Å²) in [5.41, 5.74) is 0. The molecular weight excluding hydrogens is 296 g/mol. The summed E-state index contributed by atoms with van der Waals surface area (Å²) in [4.78, 5) is 18.9. The molecule has 2 aromatic rings. The van der Waals surface area contributed by atoms with Crippen LogP contribution in [0, 0.1) is 6.92 Å². The van der Waals surface area contributed by atoms with E-state index in [1.807, 2.05) is 11.6 Å². The fourth-order valence-electron chi connectivity index (χ4n) is 3.21.